The van der Waals surface area contributed by atoms with E-state index in [-0.39, 0.29) is 11.8 Å². The van der Waals surface area contributed by atoms with Gasteiger partial charge >= 0.3 is 0 Å². The van der Waals surface area contributed by atoms with E-state index >= 15 is 0 Å². The molecule has 2 aromatic carbocycles. The van der Waals surface area contributed by atoms with Crippen molar-refractivity contribution in [2.45, 2.75) is 12.8 Å². The molecule has 1 atom stereocenters. The minimum atomic E-state index is -0.637. The van der Waals surface area contributed by atoms with Crippen LogP contribution in [0, 0.1) is 5.41 Å². The maximum absolute atomic E-state index is 12.9. The number of nitrogens with zero attached hydrogens (tertiary/aromatic N) is 2. The van der Waals surface area contributed by atoms with E-state index in [1.807, 2.05) is 24.3 Å². The maximum Gasteiger partial charge on any atom is 0.255 e. The molecule has 1 aliphatic rings. The zero-order valence-electron chi connectivity index (χ0n) is 17.0. The van der Waals surface area contributed by atoms with Crippen molar-refractivity contribution in [3.8, 4) is 11.1 Å². The molecule has 30 heavy (non-hydrogen) atoms. The summed E-state index contributed by atoms with van der Waals surface area (Å²) in [6.07, 6.45) is 4.44. The highest BCUT2D eigenvalue weighted by Gasteiger charge is 2.45. The summed E-state index contributed by atoms with van der Waals surface area (Å²) in [6.45, 7) is 0.954. The van der Waals surface area contributed by atoms with E-state index in [9.17, 15) is 9.59 Å². The molecule has 3 aromatic rings. The number of likely N-dealkylation sites (tertiary alicyclic amines) is 1. The number of carbonyl (C=O) groups excluding carboxylic acids is 2. The largest absolute Gasteiger partial charge is 0.359 e. The van der Waals surface area contributed by atoms with Gasteiger partial charge < -0.3 is 10.2 Å². The van der Waals surface area contributed by atoms with Crippen molar-refractivity contribution in [1.29, 1.82) is 0 Å². The number of amides is 2. The zero-order chi connectivity index (χ0) is 21.0. The number of carbonyl (C=O) groups is 2. The van der Waals surface area contributed by atoms with Crippen LogP contribution < -0.4 is 5.32 Å². The molecule has 1 N–H and O–H groups in total. The average Bonchev–Trinajstić information content (AvgIpc) is 3.24. The van der Waals surface area contributed by atoms with Crippen LogP contribution in [-0.2, 0) is 11.2 Å². The van der Waals surface area contributed by atoms with Crippen LogP contribution in [0.1, 0.15) is 22.3 Å². The van der Waals surface area contributed by atoms with Gasteiger partial charge in [-0.05, 0) is 41.7 Å². The molecule has 0 spiro atoms. The van der Waals surface area contributed by atoms with Crippen LogP contribution in [0.25, 0.3) is 11.1 Å². The third-order valence-corrected chi connectivity index (χ3v) is 5.83. The van der Waals surface area contributed by atoms with Crippen molar-refractivity contribution in [3.63, 3.8) is 0 Å². The Labute approximate surface area is 176 Å². The highest BCUT2D eigenvalue weighted by molar-refractivity contribution is 5.95. The number of hydrogen-bond acceptors (Lipinski definition) is 3. The Hall–Kier alpha value is -3.47. The minimum Gasteiger partial charge on any atom is -0.359 e. The van der Waals surface area contributed by atoms with Crippen LogP contribution >= 0.6 is 0 Å². The third kappa shape index (κ3) is 3.96. The normalized spacial score (nSPS) is 18.2. The van der Waals surface area contributed by atoms with Crippen LogP contribution in [0.2, 0.25) is 0 Å². The molecule has 1 aliphatic heterocycles. The molecule has 0 saturated carbocycles. The zero-order valence-corrected chi connectivity index (χ0v) is 17.0. The molecular weight excluding hydrogens is 374 g/mol. The molecule has 1 aromatic heterocycles. The van der Waals surface area contributed by atoms with E-state index in [2.05, 4.69) is 40.6 Å². The molecule has 152 valence electrons. The lowest BCUT2D eigenvalue weighted by molar-refractivity contribution is -0.129. The summed E-state index contributed by atoms with van der Waals surface area (Å²) in [6, 6.07) is 22.0. The molecule has 1 fully saturated rings. The second-order valence-electron chi connectivity index (χ2n) is 7.82. The first kappa shape index (κ1) is 19.8. The number of nitrogens with one attached hydrogen (secondary N) is 1. The fourth-order valence-corrected chi connectivity index (χ4v) is 4.27. The lowest BCUT2D eigenvalue weighted by atomic mass is 9.79. The van der Waals surface area contributed by atoms with E-state index < -0.39 is 5.41 Å². The number of pyridine rings is 1. The minimum absolute atomic E-state index is 0.0194. The van der Waals surface area contributed by atoms with Crippen molar-refractivity contribution in [2.75, 3.05) is 20.1 Å². The second-order valence-corrected chi connectivity index (χ2v) is 7.82. The van der Waals surface area contributed by atoms with E-state index in [1.165, 1.54) is 0 Å². The van der Waals surface area contributed by atoms with Crippen LogP contribution in [0.3, 0.4) is 0 Å². The van der Waals surface area contributed by atoms with Gasteiger partial charge in [-0.25, -0.2) is 0 Å². The monoisotopic (exact) mass is 399 g/mol. The molecule has 1 unspecified atom stereocenters. The van der Waals surface area contributed by atoms with Gasteiger partial charge in [-0.3, -0.25) is 14.6 Å². The first-order chi connectivity index (χ1) is 14.6. The molecule has 1 saturated heterocycles. The highest BCUT2D eigenvalue weighted by Crippen LogP contribution is 2.36. The summed E-state index contributed by atoms with van der Waals surface area (Å²) in [5.74, 6) is -0.0963. The van der Waals surface area contributed by atoms with Gasteiger partial charge in [0.1, 0.15) is 0 Å². The van der Waals surface area contributed by atoms with Gasteiger partial charge in [-0.2, -0.15) is 0 Å². The molecular formula is C25H25N3O2. The molecule has 5 nitrogen and oxygen atoms in total. The fraction of sp³-hybridized carbons (Fsp3) is 0.240. The summed E-state index contributed by atoms with van der Waals surface area (Å²) in [7, 11) is 1.66. The van der Waals surface area contributed by atoms with Gasteiger partial charge in [-0.15, -0.1) is 0 Å². The van der Waals surface area contributed by atoms with Crippen molar-refractivity contribution in [1.82, 2.24) is 15.2 Å². The van der Waals surface area contributed by atoms with E-state index in [0.717, 1.165) is 16.7 Å². The Balaban J connectivity index is 1.59. The molecule has 0 radical (unpaired) electrons. The molecule has 0 bridgehead atoms. The topological polar surface area (TPSA) is 62.3 Å². The number of benzene rings is 2. The van der Waals surface area contributed by atoms with Crippen LogP contribution in [0.5, 0.6) is 0 Å². The molecule has 0 aliphatic carbocycles. The predicted octanol–water partition coefficient (Wildman–Crippen LogP) is 3.57. The standard InChI is InChI=1S/C25H25N3O2/c1-26-24(30)25(12-14-28(18-25)23(29)22-11-6-13-27-17-22)16-19-7-5-10-21(15-19)20-8-3-2-4-9-20/h2-11,13,15,17H,12,14,16,18H2,1H3,(H,26,30). The summed E-state index contributed by atoms with van der Waals surface area (Å²) < 4.78 is 0. The van der Waals surface area contributed by atoms with Crippen molar-refractivity contribution in [2.24, 2.45) is 5.41 Å². The van der Waals surface area contributed by atoms with Crippen molar-refractivity contribution >= 4 is 11.8 Å². The van der Waals surface area contributed by atoms with E-state index in [1.54, 1.807) is 36.5 Å². The van der Waals surface area contributed by atoms with E-state index in [0.29, 0.717) is 31.5 Å². The van der Waals surface area contributed by atoms with Gasteiger partial charge in [0.05, 0.1) is 11.0 Å². The van der Waals surface area contributed by atoms with Gasteiger partial charge in [0.2, 0.25) is 5.91 Å². The fourth-order valence-electron chi connectivity index (χ4n) is 4.27. The SMILES string of the molecule is CNC(=O)C1(Cc2cccc(-c3ccccc3)c2)CCN(C(=O)c2cccnc2)C1. The number of rotatable bonds is 5. The van der Waals surface area contributed by atoms with Gasteiger partial charge in [0.25, 0.3) is 5.91 Å². The Kier molecular flexibility index (Phi) is 5.61. The quantitative estimate of drug-likeness (QED) is 0.713. The number of aromatic nitrogens is 1. The smallest absolute Gasteiger partial charge is 0.255 e. The van der Waals surface area contributed by atoms with Gasteiger partial charge in [-0.1, -0.05) is 54.6 Å². The third-order valence-electron chi connectivity index (χ3n) is 5.83. The Morgan fingerprint density at radius 3 is 2.57 bits per heavy atom. The molecule has 5 heteroatoms. The highest BCUT2D eigenvalue weighted by atomic mass is 16.2. The van der Waals surface area contributed by atoms with E-state index in [4.69, 9.17) is 0 Å². The Morgan fingerprint density at radius 2 is 1.83 bits per heavy atom. The van der Waals surface area contributed by atoms with Gasteiger partial charge in [0.15, 0.2) is 0 Å². The first-order valence-corrected chi connectivity index (χ1v) is 10.2. The molecule has 4 rings (SSSR count). The number of hydrogen-bond donors (Lipinski definition) is 1. The summed E-state index contributed by atoms with van der Waals surface area (Å²) in [5.41, 5.74) is 3.28. The maximum atomic E-state index is 12.9. The van der Waals surface area contributed by atoms with Crippen LogP contribution in [0.4, 0.5) is 0 Å². The van der Waals surface area contributed by atoms with Crippen molar-refractivity contribution in [3.05, 3.63) is 90.3 Å². The Bertz CT molecular complexity index is 1040. The summed E-state index contributed by atoms with van der Waals surface area (Å²) >= 11 is 0. The van der Waals surface area contributed by atoms with Crippen LogP contribution in [0.15, 0.2) is 79.1 Å². The second kappa shape index (κ2) is 8.49. The average molecular weight is 399 g/mol. The van der Waals surface area contributed by atoms with Crippen LogP contribution in [-0.4, -0.2) is 41.8 Å². The predicted molar refractivity (Wildman–Crippen MR) is 117 cm³/mol. The molecule has 2 amide bonds. The lowest BCUT2D eigenvalue weighted by Gasteiger charge is -2.28. The van der Waals surface area contributed by atoms with Crippen molar-refractivity contribution < 1.29 is 9.59 Å². The molecule has 2 heterocycles. The first-order valence-electron chi connectivity index (χ1n) is 10.2. The Morgan fingerprint density at radius 1 is 1.03 bits per heavy atom. The lowest BCUT2D eigenvalue weighted by Crippen LogP contribution is -2.44. The summed E-state index contributed by atoms with van der Waals surface area (Å²) in [4.78, 5) is 31.6. The summed E-state index contributed by atoms with van der Waals surface area (Å²) in [5, 5.41) is 2.82. The van der Waals surface area contributed by atoms with Gasteiger partial charge in [0, 0.05) is 32.5 Å².